The molecule has 1 heterocycles. The first kappa shape index (κ1) is 12.9. The molecular weight excluding hydrogens is 248 g/mol. The van der Waals surface area contributed by atoms with Crippen molar-refractivity contribution < 1.29 is 8.42 Å². The molecule has 0 fully saturated rings. The van der Waals surface area contributed by atoms with Crippen LogP contribution >= 0.6 is 0 Å². The van der Waals surface area contributed by atoms with E-state index in [1.807, 2.05) is 37.9 Å². The molecule has 1 aromatic carbocycles. The Kier molecular flexibility index (Phi) is 3.07. The molecule has 96 valence electrons. The van der Waals surface area contributed by atoms with Crippen LogP contribution in [0.25, 0.3) is 0 Å². The monoisotopic (exact) mass is 264 g/mol. The second-order valence-electron chi connectivity index (χ2n) is 4.84. The Labute approximate surface area is 108 Å². The van der Waals surface area contributed by atoms with Crippen molar-refractivity contribution in [2.24, 2.45) is 0 Å². The highest BCUT2D eigenvalue weighted by atomic mass is 32.2. The molecule has 0 saturated heterocycles. The van der Waals surface area contributed by atoms with Gasteiger partial charge >= 0.3 is 0 Å². The van der Waals surface area contributed by atoms with Gasteiger partial charge in [-0.3, -0.25) is 0 Å². The Morgan fingerprint density at radius 2 is 2.11 bits per heavy atom. The third-order valence-electron chi connectivity index (χ3n) is 3.38. The van der Waals surface area contributed by atoms with Crippen molar-refractivity contribution in [3.63, 3.8) is 0 Å². The Balaban J connectivity index is 2.67. The first-order valence-electron chi connectivity index (χ1n) is 5.80. The molecule has 1 aliphatic heterocycles. The molecule has 0 N–H and O–H groups in total. The van der Waals surface area contributed by atoms with Crippen molar-refractivity contribution in [3.05, 3.63) is 23.3 Å². The lowest BCUT2D eigenvalue weighted by Gasteiger charge is -2.35. The fourth-order valence-electron chi connectivity index (χ4n) is 2.54. The maximum Gasteiger partial charge on any atom is 0.182 e. The van der Waals surface area contributed by atoms with Gasteiger partial charge in [-0.25, -0.2) is 8.42 Å². The van der Waals surface area contributed by atoms with E-state index in [1.54, 1.807) is 0 Å². The smallest absolute Gasteiger partial charge is 0.182 e. The van der Waals surface area contributed by atoms with E-state index in [2.05, 4.69) is 6.07 Å². The zero-order valence-corrected chi connectivity index (χ0v) is 11.6. The summed E-state index contributed by atoms with van der Waals surface area (Å²) in [6.45, 7) is 3.77. The van der Waals surface area contributed by atoms with Gasteiger partial charge in [-0.2, -0.15) is 5.26 Å². The van der Waals surface area contributed by atoms with Crippen LogP contribution in [0.2, 0.25) is 0 Å². The van der Waals surface area contributed by atoms with Gasteiger partial charge < -0.3 is 4.90 Å². The lowest BCUT2D eigenvalue weighted by atomic mass is 10.1. The van der Waals surface area contributed by atoms with Crippen molar-refractivity contribution in [3.8, 4) is 6.07 Å². The zero-order valence-electron chi connectivity index (χ0n) is 10.8. The number of nitriles is 1. The molecule has 0 amide bonds. The number of benzene rings is 1. The maximum atomic E-state index is 12.3. The number of sulfone groups is 1. The van der Waals surface area contributed by atoms with E-state index in [-0.39, 0.29) is 18.2 Å². The molecule has 1 atom stereocenters. The number of nitrogens with zero attached hydrogens (tertiary/aromatic N) is 2. The van der Waals surface area contributed by atoms with E-state index in [0.717, 1.165) is 16.8 Å². The fourth-order valence-corrected chi connectivity index (χ4v) is 4.63. The SMILES string of the molecule is Cc1cc(C)c2c(c1)N(C)C(CC#N)CS2(=O)=O. The van der Waals surface area contributed by atoms with Crippen LogP contribution in [0.5, 0.6) is 0 Å². The summed E-state index contributed by atoms with van der Waals surface area (Å²) in [5, 5.41) is 8.79. The predicted molar refractivity (Wildman–Crippen MR) is 70.4 cm³/mol. The van der Waals surface area contributed by atoms with Crippen LogP contribution in [-0.4, -0.2) is 27.3 Å². The molecular formula is C13H16N2O2S. The van der Waals surface area contributed by atoms with Gasteiger partial charge in [-0.1, -0.05) is 6.07 Å². The normalized spacial score (nSPS) is 21.2. The molecule has 4 nitrogen and oxygen atoms in total. The van der Waals surface area contributed by atoms with E-state index in [9.17, 15) is 8.42 Å². The second kappa shape index (κ2) is 4.29. The molecule has 1 aliphatic rings. The summed E-state index contributed by atoms with van der Waals surface area (Å²) < 4.78 is 24.6. The highest BCUT2D eigenvalue weighted by Gasteiger charge is 2.35. The minimum absolute atomic E-state index is 0.0218. The van der Waals surface area contributed by atoms with Gasteiger partial charge in [0, 0.05) is 7.05 Å². The van der Waals surface area contributed by atoms with Crippen molar-refractivity contribution in [2.45, 2.75) is 31.2 Å². The third kappa shape index (κ3) is 1.97. The summed E-state index contributed by atoms with van der Waals surface area (Å²) in [7, 11) is -1.43. The maximum absolute atomic E-state index is 12.3. The van der Waals surface area contributed by atoms with Crippen molar-refractivity contribution in [2.75, 3.05) is 17.7 Å². The van der Waals surface area contributed by atoms with E-state index >= 15 is 0 Å². The average molecular weight is 264 g/mol. The van der Waals surface area contributed by atoms with Crippen LogP contribution in [0.4, 0.5) is 5.69 Å². The van der Waals surface area contributed by atoms with Crippen molar-refractivity contribution in [1.82, 2.24) is 0 Å². The van der Waals surface area contributed by atoms with E-state index in [0.29, 0.717) is 4.90 Å². The highest BCUT2D eigenvalue weighted by molar-refractivity contribution is 7.91. The molecule has 5 heteroatoms. The standard InChI is InChI=1S/C13H16N2O2S/c1-9-6-10(2)13-12(7-9)15(3)11(4-5-14)8-18(13,16)17/h6-7,11H,4,8H2,1-3H3. The van der Waals surface area contributed by atoms with Gasteiger partial charge in [0.25, 0.3) is 0 Å². The molecule has 0 aliphatic carbocycles. The Hall–Kier alpha value is -1.54. The molecule has 0 saturated carbocycles. The van der Waals surface area contributed by atoms with Gasteiger partial charge in [0.2, 0.25) is 0 Å². The van der Waals surface area contributed by atoms with E-state index in [1.165, 1.54) is 0 Å². The average Bonchev–Trinajstić information content (AvgIpc) is 2.24. The van der Waals surface area contributed by atoms with Crippen LogP contribution in [0.3, 0.4) is 0 Å². The number of hydrogen-bond acceptors (Lipinski definition) is 4. The summed E-state index contributed by atoms with van der Waals surface area (Å²) in [4.78, 5) is 2.34. The van der Waals surface area contributed by atoms with Crippen LogP contribution < -0.4 is 4.90 Å². The summed E-state index contributed by atoms with van der Waals surface area (Å²) in [5.41, 5.74) is 2.54. The molecule has 18 heavy (non-hydrogen) atoms. The highest BCUT2D eigenvalue weighted by Crippen LogP contribution is 2.36. The molecule has 1 aromatic rings. The van der Waals surface area contributed by atoms with Crippen molar-refractivity contribution >= 4 is 15.5 Å². The minimum Gasteiger partial charge on any atom is -0.368 e. The summed E-state index contributed by atoms with van der Waals surface area (Å²) in [6.07, 6.45) is 0.224. The number of aryl methyl sites for hydroxylation is 2. The van der Waals surface area contributed by atoms with Crippen LogP contribution in [0.1, 0.15) is 17.5 Å². The number of hydrogen-bond donors (Lipinski definition) is 0. The number of rotatable bonds is 1. The van der Waals surface area contributed by atoms with Gasteiger partial charge in [0.05, 0.1) is 34.9 Å². The molecule has 2 rings (SSSR count). The number of fused-ring (bicyclic) bond motifs is 1. The quantitative estimate of drug-likeness (QED) is 0.776. The van der Waals surface area contributed by atoms with Gasteiger partial charge in [-0.15, -0.1) is 0 Å². The Bertz CT molecular complexity index is 629. The van der Waals surface area contributed by atoms with Gasteiger partial charge in [0.15, 0.2) is 9.84 Å². The lowest BCUT2D eigenvalue weighted by Crippen LogP contribution is -2.42. The third-order valence-corrected chi connectivity index (χ3v) is 5.35. The van der Waals surface area contributed by atoms with Crippen LogP contribution in [0, 0.1) is 25.2 Å². The molecule has 1 unspecified atom stereocenters. The Morgan fingerprint density at radius 3 is 2.72 bits per heavy atom. The second-order valence-corrected chi connectivity index (χ2v) is 6.81. The van der Waals surface area contributed by atoms with Gasteiger partial charge in [-0.05, 0) is 31.0 Å². The zero-order chi connectivity index (χ0) is 13.5. The van der Waals surface area contributed by atoms with Crippen molar-refractivity contribution in [1.29, 1.82) is 5.26 Å². The Morgan fingerprint density at radius 1 is 1.44 bits per heavy atom. The summed E-state index contributed by atoms with van der Waals surface area (Å²) >= 11 is 0. The van der Waals surface area contributed by atoms with Crippen LogP contribution in [0.15, 0.2) is 17.0 Å². The minimum atomic E-state index is -3.29. The fraction of sp³-hybridized carbons (Fsp3) is 0.462. The predicted octanol–water partition coefficient (Wildman–Crippen LogP) is 1.81. The lowest BCUT2D eigenvalue weighted by molar-refractivity contribution is 0.572. The first-order valence-corrected chi connectivity index (χ1v) is 7.46. The van der Waals surface area contributed by atoms with E-state index < -0.39 is 9.84 Å². The number of anilines is 1. The van der Waals surface area contributed by atoms with E-state index in [4.69, 9.17) is 5.26 Å². The largest absolute Gasteiger partial charge is 0.368 e. The molecule has 0 radical (unpaired) electrons. The summed E-state index contributed by atoms with van der Waals surface area (Å²) in [5.74, 6) is 0.0218. The van der Waals surface area contributed by atoms with Gasteiger partial charge in [0.1, 0.15) is 0 Å². The molecule has 0 bridgehead atoms. The molecule has 0 aromatic heterocycles. The summed E-state index contributed by atoms with van der Waals surface area (Å²) in [6, 6.07) is 5.57. The topological polar surface area (TPSA) is 61.2 Å². The van der Waals surface area contributed by atoms with Crippen LogP contribution in [-0.2, 0) is 9.84 Å². The molecule has 0 spiro atoms. The first-order chi connectivity index (χ1) is 8.36.